The van der Waals surface area contributed by atoms with Crippen LogP contribution in [-0.2, 0) is 0 Å². The summed E-state index contributed by atoms with van der Waals surface area (Å²) >= 11 is 0. The van der Waals surface area contributed by atoms with E-state index in [0.29, 0.717) is 5.92 Å². The molecule has 2 saturated carbocycles. The second kappa shape index (κ2) is 9.50. The van der Waals surface area contributed by atoms with Crippen molar-refractivity contribution in [2.24, 2.45) is 29.6 Å². The van der Waals surface area contributed by atoms with Crippen LogP contribution in [0.2, 0.25) is 0 Å². The summed E-state index contributed by atoms with van der Waals surface area (Å²) in [5, 5.41) is 0. The Kier molecular flexibility index (Phi) is 6.93. The molecule has 0 spiro atoms. The molecule has 0 nitrogen and oxygen atoms in total. The van der Waals surface area contributed by atoms with Crippen LogP contribution in [0, 0.1) is 47.0 Å². The summed E-state index contributed by atoms with van der Waals surface area (Å²) in [4.78, 5) is 0. The second-order valence-corrected chi connectivity index (χ2v) is 10.1. The molecule has 0 N–H and O–H groups in total. The minimum atomic E-state index is -1.51. The van der Waals surface area contributed by atoms with Crippen LogP contribution < -0.4 is 0 Å². The van der Waals surface area contributed by atoms with Crippen LogP contribution in [0.3, 0.4) is 0 Å². The van der Waals surface area contributed by atoms with Crippen molar-refractivity contribution in [3.05, 3.63) is 58.7 Å². The smallest absolute Gasteiger partial charge is 0.194 e. The lowest BCUT2D eigenvalue weighted by atomic mass is 9.67. The first kappa shape index (κ1) is 22.6. The summed E-state index contributed by atoms with van der Waals surface area (Å²) in [6, 6.07) is 1.84. The molecule has 4 rings (SSSR count). The third-order valence-corrected chi connectivity index (χ3v) is 8.33. The van der Waals surface area contributed by atoms with Gasteiger partial charge in [0.2, 0.25) is 0 Å². The predicted octanol–water partition coefficient (Wildman–Crippen LogP) is 8.64. The summed E-state index contributed by atoms with van der Waals surface area (Å²) < 4.78 is 55.7. The van der Waals surface area contributed by atoms with E-state index in [0.717, 1.165) is 48.3 Å². The van der Waals surface area contributed by atoms with Crippen LogP contribution in [0.5, 0.6) is 0 Å². The molecular formula is C27H34F4. The zero-order valence-electron chi connectivity index (χ0n) is 18.6. The van der Waals surface area contributed by atoms with Crippen LogP contribution in [0.25, 0.3) is 0 Å². The molecule has 0 aromatic heterocycles. The maximum Gasteiger partial charge on any atom is 0.194 e. The van der Waals surface area contributed by atoms with Crippen LogP contribution in [0.4, 0.5) is 17.6 Å². The highest BCUT2D eigenvalue weighted by molar-refractivity contribution is 5.39. The van der Waals surface area contributed by atoms with E-state index in [1.54, 1.807) is 6.08 Å². The minimum Gasteiger partial charge on any atom is -0.211 e. The number of halogens is 4. The molecule has 3 aliphatic rings. The summed E-state index contributed by atoms with van der Waals surface area (Å²) in [5.74, 6) is -2.46. The van der Waals surface area contributed by atoms with Crippen LogP contribution >= 0.6 is 0 Å². The molecule has 4 heteroatoms. The van der Waals surface area contributed by atoms with Crippen molar-refractivity contribution >= 4 is 0 Å². The van der Waals surface area contributed by atoms with Gasteiger partial charge >= 0.3 is 0 Å². The van der Waals surface area contributed by atoms with Gasteiger partial charge in [-0.15, -0.1) is 0 Å². The van der Waals surface area contributed by atoms with Gasteiger partial charge in [-0.25, -0.2) is 17.6 Å². The standard InChI is InChI=1S/C27H34F4/c1-3-17-4-6-18(7-5-17)19-8-10-20(11-9-19)21-12-16(2)26(23(28)13-21)22-14-24(29)27(31)25(30)15-22/h12-20,26H,3-11H2,1-2H3. The number of hydrogen-bond donors (Lipinski definition) is 0. The van der Waals surface area contributed by atoms with Crippen molar-refractivity contribution in [2.75, 3.05) is 0 Å². The number of benzene rings is 1. The molecule has 3 aliphatic carbocycles. The Balaban J connectivity index is 1.39. The van der Waals surface area contributed by atoms with Crippen molar-refractivity contribution in [1.29, 1.82) is 0 Å². The molecule has 31 heavy (non-hydrogen) atoms. The normalized spacial score (nSPS) is 34.3. The van der Waals surface area contributed by atoms with Gasteiger partial charge in [-0.1, -0.05) is 39.2 Å². The molecule has 0 heterocycles. The maximum atomic E-state index is 15.1. The summed E-state index contributed by atoms with van der Waals surface area (Å²) in [5.41, 5.74) is 1.18. The highest BCUT2D eigenvalue weighted by Crippen LogP contribution is 2.46. The van der Waals surface area contributed by atoms with E-state index in [-0.39, 0.29) is 17.3 Å². The topological polar surface area (TPSA) is 0 Å². The second-order valence-electron chi connectivity index (χ2n) is 10.1. The molecule has 0 bridgehead atoms. The van der Waals surface area contributed by atoms with Crippen molar-refractivity contribution in [1.82, 2.24) is 0 Å². The van der Waals surface area contributed by atoms with Gasteiger partial charge in [-0.3, -0.25) is 0 Å². The summed E-state index contributed by atoms with van der Waals surface area (Å²) in [7, 11) is 0. The van der Waals surface area contributed by atoms with Crippen LogP contribution in [0.15, 0.2) is 35.7 Å². The number of rotatable bonds is 4. The van der Waals surface area contributed by atoms with E-state index in [1.165, 1.54) is 44.9 Å². The largest absolute Gasteiger partial charge is 0.211 e. The molecule has 0 radical (unpaired) electrons. The lowest BCUT2D eigenvalue weighted by molar-refractivity contribution is 0.152. The van der Waals surface area contributed by atoms with Gasteiger partial charge in [0.25, 0.3) is 0 Å². The number of hydrogen-bond acceptors (Lipinski definition) is 0. The Bertz CT molecular complexity index is 816. The van der Waals surface area contributed by atoms with Gasteiger partial charge in [-0.2, -0.15) is 0 Å². The van der Waals surface area contributed by atoms with E-state index >= 15 is 4.39 Å². The predicted molar refractivity (Wildman–Crippen MR) is 117 cm³/mol. The van der Waals surface area contributed by atoms with Crippen molar-refractivity contribution in [3.63, 3.8) is 0 Å². The summed E-state index contributed by atoms with van der Waals surface area (Å²) in [6.45, 7) is 4.17. The Hall–Kier alpha value is -1.58. The Morgan fingerprint density at radius 2 is 1.35 bits per heavy atom. The van der Waals surface area contributed by atoms with Gasteiger partial charge in [-0.05, 0) is 97.5 Å². The van der Waals surface area contributed by atoms with Gasteiger partial charge in [0.1, 0.15) is 5.83 Å². The van der Waals surface area contributed by atoms with Gasteiger partial charge in [0.05, 0.1) is 0 Å². The first-order valence-electron chi connectivity index (χ1n) is 12.1. The van der Waals surface area contributed by atoms with Crippen molar-refractivity contribution in [3.8, 4) is 0 Å². The first-order chi connectivity index (χ1) is 14.9. The van der Waals surface area contributed by atoms with Gasteiger partial charge < -0.3 is 0 Å². The SMILES string of the molecule is CCC1CCC(C2CCC(C3=CC(C)C(c4cc(F)c(F)c(F)c4)C(F)=C3)CC2)CC1. The molecule has 0 saturated heterocycles. The number of allylic oxidation sites excluding steroid dienone is 4. The average Bonchev–Trinajstić information content (AvgIpc) is 2.77. The quantitative estimate of drug-likeness (QED) is 0.329. The fourth-order valence-corrected chi connectivity index (χ4v) is 6.41. The zero-order chi connectivity index (χ0) is 22.1. The van der Waals surface area contributed by atoms with Gasteiger partial charge in [0, 0.05) is 5.92 Å². The monoisotopic (exact) mass is 434 g/mol. The van der Waals surface area contributed by atoms with E-state index in [9.17, 15) is 13.2 Å². The Morgan fingerprint density at radius 1 is 0.806 bits per heavy atom. The third-order valence-electron chi connectivity index (χ3n) is 8.33. The molecule has 1 aromatic carbocycles. The third kappa shape index (κ3) is 4.78. The molecule has 0 amide bonds. The fourth-order valence-electron chi connectivity index (χ4n) is 6.41. The van der Waals surface area contributed by atoms with Crippen LogP contribution in [0.1, 0.15) is 83.1 Å². The zero-order valence-corrected chi connectivity index (χ0v) is 18.6. The molecule has 170 valence electrons. The molecule has 2 fully saturated rings. The Labute approximate surface area is 183 Å². The van der Waals surface area contributed by atoms with Crippen LogP contribution in [-0.4, -0.2) is 0 Å². The molecule has 1 aromatic rings. The minimum absolute atomic E-state index is 0.152. The molecule has 0 aliphatic heterocycles. The average molecular weight is 435 g/mol. The highest BCUT2D eigenvalue weighted by Gasteiger charge is 2.34. The Morgan fingerprint density at radius 3 is 1.87 bits per heavy atom. The maximum absolute atomic E-state index is 15.1. The lowest BCUT2D eigenvalue weighted by Crippen LogP contribution is -2.26. The van der Waals surface area contributed by atoms with Gasteiger partial charge in [0.15, 0.2) is 17.5 Å². The van der Waals surface area contributed by atoms with E-state index < -0.39 is 23.4 Å². The highest BCUT2D eigenvalue weighted by atomic mass is 19.2. The fraction of sp³-hybridized carbons (Fsp3) is 0.630. The summed E-state index contributed by atoms with van der Waals surface area (Å²) in [6.07, 6.45) is 15.0. The van der Waals surface area contributed by atoms with E-state index in [2.05, 4.69) is 13.0 Å². The van der Waals surface area contributed by atoms with Crippen molar-refractivity contribution < 1.29 is 17.6 Å². The first-order valence-corrected chi connectivity index (χ1v) is 12.1. The molecule has 2 unspecified atom stereocenters. The lowest BCUT2D eigenvalue weighted by Gasteiger charge is -2.38. The molecular weight excluding hydrogens is 400 g/mol. The van der Waals surface area contributed by atoms with E-state index in [4.69, 9.17) is 0 Å². The van der Waals surface area contributed by atoms with E-state index in [1.807, 2.05) is 6.92 Å². The van der Waals surface area contributed by atoms with Crippen molar-refractivity contribution in [2.45, 2.75) is 77.6 Å². The molecule has 2 atom stereocenters.